The van der Waals surface area contributed by atoms with Crippen molar-refractivity contribution in [3.8, 4) is 5.75 Å². The lowest BCUT2D eigenvalue weighted by atomic mass is 10.1. The van der Waals surface area contributed by atoms with E-state index in [-0.39, 0.29) is 18.4 Å². The number of carbonyl (C=O) groups is 2. The van der Waals surface area contributed by atoms with Gasteiger partial charge >= 0.3 is 0 Å². The van der Waals surface area contributed by atoms with Crippen molar-refractivity contribution in [2.45, 2.75) is 6.54 Å². The van der Waals surface area contributed by atoms with Gasteiger partial charge in [0.25, 0.3) is 11.8 Å². The molecule has 0 radical (unpaired) electrons. The monoisotopic (exact) mass is 298 g/mol. The third-order valence-corrected chi connectivity index (χ3v) is 3.23. The number of nitrogens with one attached hydrogen (secondary N) is 2. The molecular formula is C15H14N4O3. The molecule has 0 aliphatic carbocycles. The molecule has 7 nitrogen and oxygen atoms in total. The molecular weight excluding hydrogens is 284 g/mol. The summed E-state index contributed by atoms with van der Waals surface area (Å²) in [7, 11) is 0. The van der Waals surface area contributed by atoms with E-state index in [4.69, 9.17) is 10.5 Å². The molecule has 7 heteroatoms. The lowest BCUT2D eigenvalue weighted by molar-refractivity contribution is -0.118. The van der Waals surface area contributed by atoms with Gasteiger partial charge in [-0.15, -0.1) is 0 Å². The summed E-state index contributed by atoms with van der Waals surface area (Å²) in [6.07, 6.45) is 2.94. The van der Waals surface area contributed by atoms with Gasteiger partial charge in [0.15, 0.2) is 6.61 Å². The summed E-state index contributed by atoms with van der Waals surface area (Å²) < 4.78 is 5.28. The molecule has 0 fully saturated rings. The molecule has 4 N–H and O–H groups in total. The lowest BCUT2D eigenvalue weighted by Crippen LogP contribution is -2.26. The number of ether oxygens (including phenoxy) is 1. The van der Waals surface area contributed by atoms with Crippen molar-refractivity contribution in [2.24, 2.45) is 0 Å². The Morgan fingerprint density at radius 1 is 1.41 bits per heavy atom. The van der Waals surface area contributed by atoms with Gasteiger partial charge in [-0.2, -0.15) is 0 Å². The van der Waals surface area contributed by atoms with E-state index in [2.05, 4.69) is 15.6 Å². The molecule has 2 aromatic rings. The molecule has 112 valence electrons. The predicted octanol–water partition coefficient (Wildman–Crippen LogP) is 0.925. The van der Waals surface area contributed by atoms with Crippen LogP contribution in [0.25, 0.3) is 0 Å². The summed E-state index contributed by atoms with van der Waals surface area (Å²) in [6, 6.07) is 6.91. The van der Waals surface area contributed by atoms with Crippen LogP contribution >= 0.6 is 0 Å². The number of hydrogen-bond donors (Lipinski definition) is 3. The molecule has 22 heavy (non-hydrogen) atoms. The average molecular weight is 298 g/mol. The summed E-state index contributed by atoms with van der Waals surface area (Å²) in [4.78, 5) is 27.2. The Balaban J connectivity index is 1.69. The predicted molar refractivity (Wildman–Crippen MR) is 80.4 cm³/mol. The van der Waals surface area contributed by atoms with Gasteiger partial charge in [-0.3, -0.25) is 14.6 Å². The molecule has 1 aliphatic rings. The Morgan fingerprint density at radius 2 is 2.27 bits per heavy atom. The van der Waals surface area contributed by atoms with Crippen LogP contribution in [0.2, 0.25) is 0 Å². The number of nitrogen functional groups attached to an aromatic ring is 1. The number of amides is 2. The van der Waals surface area contributed by atoms with Crippen molar-refractivity contribution < 1.29 is 14.3 Å². The second kappa shape index (κ2) is 5.72. The molecule has 2 heterocycles. The number of hydrogen-bond acceptors (Lipinski definition) is 5. The Hall–Kier alpha value is -3.09. The maximum Gasteiger partial charge on any atom is 0.262 e. The Labute approximate surface area is 126 Å². The van der Waals surface area contributed by atoms with Crippen LogP contribution in [0.4, 0.5) is 11.4 Å². The molecule has 1 aromatic heterocycles. The number of pyridine rings is 1. The number of fused-ring (bicyclic) bond motifs is 1. The molecule has 1 aliphatic heterocycles. The third-order valence-electron chi connectivity index (χ3n) is 3.23. The number of rotatable bonds is 3. The molecule has 0 atom stereocenters. The number of anilines is 2. The summed E-state index contributed by atoms with van der Waals surface area (Å²) in [5, 5.41) is 5.50. The van der Waals surface area contributed by atoms with E-state index in [0.717, 1.165) is 5.56 Å². The quantitative estimate of drug-likeness (QED) is 0.781. The van der Waals surface area contributed by atoms with Crippen molar-refractivity contribution in [3.05, 3.63) is 47.8 Å². The van der Waals surface area contributed by atoms with E-state index in [1.807, 2.05) is 6.07 Å². The molecule has 3 rings (SSSR count). The van der Waals surface area contributed by atoms with Crippen molar-refractivity contribution in [1.82, 2.24) is 10.3 Å². The standard InChI is InChI=1S/C15H14N4O3/c16-11-7-17-4-3-10(11)15(21)18-6-9-1-2-13-12(5-9)19-14(20)8-22-13/h1-5,7H,6,8,16H2,(H,18,21)(H,19,20). The average Bonchev–Trinajstić information content (AvgIpc) is 2.52. The summed E-state index contributed by atoms with van der Waals surface area (Å²) in [6.45, 7) is 0.328. The smallest absolute Gasteiger partial charge is 0.262 e. The minimum Gasteiger partial charge on any atom is -0.482 e. The van der Waals surface area contributed by atoms with Crippen molar-refractivity contribution in [3.63, 3.8) is 0 Å². The van der Waals surface area contributed by atoms with Crippen molar-refractivity contribution in [2.75, 3.05) is 17.7 Å². The van der Waals surface area contributed by atoms with E-state index in [1.54, 1.807) is 18.2 Å². The van der Waals surface area contributed by atoms with Crippen LogP contribution in [0, 0.1) is 0 Å². The molecule has 2 amide bonds. The minimum absolute atomic E-state index is 0.0183. The first-order valence-corrected chi connectivity index (χ1v) is 6.67. The zero-order valence-corrected chi connectivity index (χ0v) is 11.6. The van der Waals surface area contributed by atoms with Crippen molar-refractivity contribution >= 4 is 23.2 Å². The molecule has 0 spiro atoms. The van der Waals surface area contributed by atoms with Gasteiger partial charge in [0.1, 0.15) is 5.75 Å². The van der Waals surface area contributed by atoms with E-state index in [1.165, 1.54) is 12.4 Å². The highest BCUT2D eigenvalue weighted by molar-refractivity contribution is 5.99. The van der Waals surface area contributed by atoms with Crippen molar-refractivity contribution in [1.29, 1.82) is 0 Å². The Morgan fingerprint density at radius 3 is 3.09 bits per heavy atom. The van der Waals surface area contributed by atoms with Gasteiger partial charge in [-0.05, 0) is 23.8 Å². The van der Waals surface area contributed by atoms with Gasteiger partial charge in [0.2, 0.25) is 0 Å². The van der Waals surface area contributed by atoms with Crippen LogP contribution < -0.4 is 21.1 Å². The topological polar surface area (TPSA) is 106 Å². The maximum atomic E-state index is 12.1. The molecule has 1 aromatic carbocycles. The number of nitrogens with zero attached hydrogens (tertiary/aromatic N) is 1. The zero-order valence-electron chi connectivity index (χ0n) is 11.6. The minimum atomic E-state index is -0.280. The molecule has 0 saturated heterocycles. The van der Waals surface area contributed by atoms with E-state index >= 15 is 0 Å². The molecule has 0 saturated carbocycles. The third kappa shape index (κ3) is 2.83. The maximum absolute atomic E-state index is 12.1. The number of nitrogens with two attached hydrogens (primary N) is 1. The van der Waals surface area contributed by atoms with Crippen LogP contribution in [-0.2, 0) is 11.3 Å². The number of benzene rings is 1. The second-order valence-electron chi connectivity index (χ2n) is 4.81. The fourth-order valence-electron chi connectivity index (χ4n) is 2.13. The summed E-state index contributed by atoms with van der Waals surface area (Å²) in [5.74, 6) is 0.143. The van der Waals surface area contributed by atoms with Crippen LogP contribution in [0.5, 0.6) is 5.75 Å². The lowest BCUT2D eigenvalue weighted by Gasteiger charge is -2.18. The van der Waals surface area contributed by atoms with E-state index in [9.17, 15) is 9.59 Å². The number of aromatic nitrogens is 1. The van der Waals surface area contributed by atoms with Gasteiger partial charge in [0.05, 0.1) is 23.1 Å². The summed E-state index contributed by atoms with van der Waals surface area (Å²) >= 11 is 0. The van der Waals surface area contributed by atoms with Crippen LogP contribution in [0.1, 0.15) is 15.9 Å². The van der Waals surface area contributed by atoms with Gasteiger partial charge < -0.3 is 21.1 Å². The van der Waals surface area contributed by atoms with Gasteiger partial charge in [0, 0.05) is 12.7 Å². The first-order valence-electron chi connectivity index (χ1n) is 6.67. The highest BCUT2D eigenvalue weighted by atomic mass is 16.5. The first-order chi connectivity index (χ1) is 10.6. The van der Waals surface area contributed by atoms with Crippen LogP contribution in [0.15, 0.2) is 36.7 Å². The van der Waals surface area contributed by atoms with E-state index < -0.39 is 0 Å². The summed E-state index contributed by atoms with van der Waals surface area (Å²) in [5.41, 5.74) is 7.86. The second-order valence-corrected chi connectivity index (χ2v) is 4.81. The SMILES string of the molecule is Nc1cnccc1C(=O)NCc1ccc2c(c1)NC(=O)CO2. The fraction of sp³-hybridized carbons (Fsp3) is 0.133. The highest BCUT2D eigenvalue weighted by Gasteiger charge is 2.16. The largest absolute Gasteiger partial charge is 0.482 e. The van der Waals surface area contributed by atoms with Gasteiger partial charge in [-0.25, -0.2) is 0 Å². The molecule has 0 bridgehead atoms. The zero-order chi connectivity index (χ0) is 15.5. The Kier molecular flexibility index (Phi) is 3.61. The van der Waals surface area contributed by atoms with Gasteiger partial charge in [-0.1, -0.05) is 6.07 Å². The Bertz CT molecular complexity index is 745. The highest BCUT2D eigenvalue weighted by Crippen LogP contribution is 2.28. The fourth-order valence-corrected chi connectivity index (χ4v) is 2.13. The number of carbonyl (C=O) groups excluding carboxylic acids is 2. The van der Waals surface area contributed by atoms with Crippen LogP contribution in [0.3, 0.4) is 0 Å². The van der Waals surface area contributed by atoms with E-state index in [0.29, 0.717) is 29.2 Å². The first kappa shape index (κ1) is 13.9. The normalized spacial score (nSPS) is 12.8. The molecule has 0 unspecified atom stereocenters. The van der Waals surface area contributed by atoms with Crippen LogP contribution in [-0.4, -0.2) is 23.4 Å².